The van der Waals surface area contributed by atoms with Gasteiger partial charge in [-0.3, -0.25) is 0 Å². The third kappa shape index (κ3) is 5.28. The fourth-order valence-corrected chi connectivity index (χ4v) is 5.86. The summed E-state index contributed by atoms with van der Waals surface area (Å²) < 4.78 is 61.9. The van der Waals surface area contributed by atoms with Crippen molar-refractivity contribution in [3.05, 3.63) is 107 Å². The lowest BCUT2D eigenvalue weighted by Crippen LogP contribution is -2.35. The molecule has 0 unspecified atom stereocenters. The summed E-state index contributed by atoms with van der Waals surface area (Å²) in [5.41, 5.74) is 2.77. The fourth-order valence-electron chi connectivity index (χ4n) is 4.91. The van der Waals surface area contributed by atoms with Crippen LogP contribution >= 0.6 is 0 Å². The molecule has 0 N–H and O–H groups in total. The van der Waals surface area contributed by atoms with E-state index in [1.54, 1.807) is 18.2 Å². The minimum Gasteiger partial charge on any atom is -0.437 e. The predicted octanol–water partition coefficient (Wildman–Crippen LogP) is 5.17. The van der Waals surface area contributed by atoms with E-state index in [2.05, 4.69) is 4.40 Å². The molecule has 0 bridgehead atoms. The average Bonchev–Trinajstić information content (AvgIpc) is 3.39. The SMILES string of the molecule is Cc1ccc(S(=O)(=O)/N=c2\oc3ccccc3cc2[C@H]2O[C@@H]3OC(C)(C)O[C@@H]3[C@H]2OCc2ccccc2)cc1. The molecule has 2 aliphatic heterocycles. The van der Waals surface area contributed by atoms with Crippen LogP contribution in [0.25, 0.3) is 11.0 Å². The highest BCUT2D eigenvalue weighted by atomic mass is 32.2. The van der Waals surface area contributed by atoms with Gasteiger partial charge in [0.1, 0.15) is 23.9 Å². The smallest absolute Gasteiger partial charge is 0.285 e. The molecule has 39 heavy (non-hydrogen) atoms. The highest BCUT2D eigenvalue weighted by molar-refractivity contribution is 7.90. The Morgan fingerprint density at radius 3 is 2.41 bits per heavy atom. The van der Waals surface area contributed by atoms with E-state index in [0.717, 1.165) is 16.5 Å². The van der Waals surface area contributed by atoms with Crippen molar-refractivity contribution in [3.63, 3.8) is 0 Å². The van der Waals surface area contributed by atoms with Crippen LogP contribution in [0.3, 0.4) is 0 Å². The van der Waals surface area contributed by atoms with Crippen molar-refractivity contribution < 1.29 is 31.8 Å². The standard InChI is InChI=1S/C30H29NO7S/c1-19-13-15-22(16-14-19)39(32,33)31-28-23(17-21-11-7-8-12-24(21)35-28)25-26(34-18-20-9-5-4-6-10-20)27-29(36-25)38-30(2,3)37-27/h4-17,25-27,29H,18H2,1-3H3/b31-28-/t25-,26+,27-,29-/m1/s1. The Kier molecular flexibility index (Phi) is 6.65. The van der Waals surface area contributed by atoms with Crippen LogP contribution in [0.4, 0.5) is 0 Å². The Morgan fingerprint density at radius 1 is 0.923 bits per heavy atom. The van der Waals surface area contributed by atoms with Gasteiger partial charge in [-0.15, -0.1) is 4.40 Å². The van der Waals surface area contributed by atoms with Gasteiger partial charge in [-0.25, -0.2) is 0 Å². The molecule has 0 aliphatic carbocycles. The van der Waals surface area contributed by atoms with Crippen molar-refractivity contribution in [2.45, 2.75) is 62.7 Å². The number of nitrogens with zero attached hydrogens (tertiary/aromatic N) is 1. The highest BCUT2D eigenvalue weighted by Crippen LogP contribution is 2.44. The predicted molar refractivity (Wildman–Crippen MR) is 143 cm³/mol. The molecule has 2 aliphatic rings. The highest BCUT2D eigenvalue weighted by Gasteiger charge is 2.56. The Bertz CT molecular complexity index is 1660. The van der Waals surface area contributed by atoms with Crippen LogP contribution in [-0.4, -0.2) is 32.7 Å². The first-order chi connectivity index (χ1) is 18.7. The first kappa shape index (κ1) is 25.9. The number of para-hydroxylation sites is 1. The number of rotatable bonds is 6. The quantitative estimate of drug-likeness (QED) is 0.329. The number of fused-ring (bicyclic) bond motifs is 2. The van der Waals surface area contributed by atoms with Crippen LogP contribution in [0, 0.1) is 6.92 Å². The Labute approximate surface area is 226 Å². The molecule has 3 aromatic carbocycles. The van der Waals surface area contributed by atoms with Crippen molar-refractivity contribution in [2.24, 2.45) is 4.40 Å². The van der Waals surface area contributed by atoms with Gasteiger partial charge in [0.25, 0.3) is 10.0 Å². The zero-order chi connectivity index (χ0) is 27.2. The summed E-state index contributed by atoms with van der Waals surface area (Å²) in [7, 11) is -4.09. The second kappa shape index (κ2) is 10.0. The van der Waals surface area contributed by atoms with Gasteiger partial charge in [0.05, 0.1) is 11.5 Å². The lowest BCUT2D eigenvalue weighted by atomic mass is 10.0. The van der Waals surface area contributed by atoms with Crippen LogP contribution in [0.15, 0.2) is 98.6 Å². The maximum Gasteiger partial charge on any atom is 0.285 e. The Balaban J connectivity index is 1.46. The molecule has 1 aromatic heterocycles. The number of benzene rings is 3. The maximum absolute atomic E-state index is 13.3. The largest absolute Gasteiger partial charge is 0.437 e. The number of ether oxygens (including phenoxy) is 4. The van der Waals surface area contributed by atoms with Crippen molar-refractivity contribution in [1.29, 1.82) is 0 Å². The monoisotopic (exact) mass is 547 g/mol. The lowest BCUT2D eigenvalue weighted by molar-refractivity contribution is -0.220. The topological polar surface area (TPSA) is 96.6 Å². The van der Waals surface area contributed by atoms with Gasteiger partial charge in [-0.2, -0.15) is 8.42 Å². The summed E-state index contributed by atoms with van der Waals surface area (Å²) in [4.78, 5) is 0.0666. The Hall–Kier alpha value is -3.34. The normalized spacial score (nSPS) is 24.7. The van der Waals surface area contributed by atoms with E-state index in [0.29, 0.717) is 17.8 Å². The minimum atomic E-state index is -4.09. The molecule has 202 valence electrons. The molecule has 4 aromatic rings. The van der Waals surface area contributed by atoms with E-state index in [1.807, 2.05) is 75.4 Å². The molecule has 0 amide bonds. The van der Waals surface area contributed by atoms with Gasteiger partial charge in [-0.1, -0.05) is 66.2 Å². The van der Waals surface area contributed by atoms with Gasteiger partial charge in [-0.05, 0) is 50.6 Å². The molecule has 8 nitrogen and oxygen atoms in total. The van der Waals surface area contributed by atoms with Crippen LogP contribution < -0.4 is 5.55 Å². The second-order valence-electron chi connectivity index (χ2n) is 10.2. The maximum atomic E-state index is 13.3. The molecule has 2 saturated heterocycles. The van der Waals surface area contributed by atoms with Crippen LogP contribution in [0.5, 0.6) is 0 Å². The van der Waals surface area contributed by atoms with E-state index >= 15 is 0 Å². The van der Waals surface area contributed by atoms with Gasteiger partial charge in [0, 0.05) is 10.9 Å². The molecule has 6 rings (SSSR count). The summed E-state index contributed by atoms with van der Waals surface area (Å²) in [5.74, 6) is -0.857. The van der Waals surface area contributed by atoms with E-state index in [-0.39, 0.29) is 10.4 Å². The molecular weight excluding hydrogens is 518 g/mol. The first-order valence-corrected chi connectivity index (χ1v) is 14.2. The zero-order valence-electron chi connectivity index (χ0n) is 21.8. The average molecular weight is 548 g/mol. The van der Waals surface area contributed by atoms with Crippen molar-refractivity contribution in [3.8, 4) is 0 Å². The molecule has 0 spiro atoms. The molecule has 4 atom stereocenters. The van der Waals surface area contributed by atoms with E-state index in [1.165, 1.54) is 12.1 Å². The van der Waals surface area contributed by atoms with Gasteiger partial charge < -0.3 is 23.4 Å². The molecule has 3 heterocycles. The fraction of sp³-hybridized carbons (Fsp3) is 0.300. The van der Waals surface area contributed by atoms with E-state index in [9.17, 15) is 8.42 Å². The van der Waals surface area contributed by atoms with Gasteiger partial charge in [0.15, 0.2) is 12.1 Å². The summed E-state index contributed by atoms with van der Waals surface area (Å²) >= 11 is 0. The molecule has 2 fully saturated rings. The van der Waals surface area contributed by atoms with Crippen molar-refractivity contribution in [1.82, 2.24) is 0 Å². The van der Waals surface area contributed by atoms with Crippen LogP contribution in [0.1, 0.15) is 36.6 Å². The molecule has 0 saturated carbocycles. The number of hydrogen-bond donors (Lipinski definition) is 0. The molecule has 9 heteroatoms. The van der Waals surface area contributed by atoms with Crippen LogP contribution in [0.2, 0.25) is 0 Å². The third-order valence-electron chi connectivity index (χ3n) is 6.79. The summed E-state index contributed by atoms with van der Waals surface area (Å²) in [5, 5.41) is 0.767. The van der Waals surface area contributed by atoms with E-state index < -0.39 is 40.4 Å². The summed E-state index contributed by atoms with van der Waals surface area (Å²) in [6.45, 7) is 5.83. The lowest BCUT2D eigenvalue weighted by Gasteiger charge is -2.26. The Morgan fingerprint density at radius 2 is 1.64 bits per heavy atom. The number of hydrogen-bond acceptors (Lipinski definition) is 7. The van der Waals surface area contributed by atoms with Gasteiger partial charge in [0.2, 0.25) is 5.55 Å². The minimum absolute atomic E-state index is 0.0666. The van der Waals surface area contributed by atoms with Gasteiger partial charge >= 0.3 is 0 Å². The van der Waals surface area contributed by atoms with Crippen molar-refractivity contribution >= 4 is 21.0 Å². The zero-order valence-corrected chi connectivity index (χ0v) is 22.6. The van der Waals surface area contributed by atoms with Crippen LogP contribution in [-0.2, 0) is 35.6 Å². The summed E-state index contributed by atoms with van der Waals surface area (Å²) in [6, 6.07) is 25.4. The van der Waals surface area contributed by atoms with E-state index in [4.69, 9.17) is 23.4 Å². The third-order valence-corrected chi connectivity index (χ3v) is 8.06. The van der Waals surface area contributed by atoms with Crippen molar-refractivity contribution in [2.75, 3.05) is 0 Å². The molecular formula is C30H29NO7S. The first-order valence-electron chi connectivity index (χ1n) is 12.8. The summed E-state index contributed by atoms with van der Waals surface area (Å²) in [6.07, 6.45) is -2.63. The second-order valence-corrected chi connectivity index (χ2v) is 11.8. The number of aryl methyl sites for hydroxylation is 1. The molecule has 0 radical (unpaired) electrons. The number of sulfonamides is 1.